The number of nitrogens with zero attached hydrogens (tertiary/aromatic N) is 1. The van der Waals surface area contributed by atoms with Crippen LogP contribution in [0.4, 0.5) is 4.79 Å². The average Bonchev–Trinajstić information content (AvgIpc) is 3.24. The van der Waals surface area contributed by atoms with Gasteiger partial charge < -0.3 is 10.6 Å². The molecule has 0 saturated heterocycles. The minimum Gasteiger partial charge on any atom is -0.335 e. The van der Waals surface area contributed by atoms with Crippen molar-refractivity contribution >= 4 is 17.4 Å². The number of thiazole rings is 1. The largest absolute Gasteiger partial charge is 0.335 e. The van der Waals surface area contributed by atoms with Crippen LogP contribution < -0.4 is 10.6 Å². The fourth-order valence-corrected chi connectivity index (χ4v) is 3.08. The molecule has 0 aliphatic heterocycles. The second-order valence-corrected chi connectivity index (χ2v) is 6.36. The summed E-state index contributed by atoms with van der Waals surface area (Å²) >= 11 is 1.63. The van der Waals surface area contributed by atoms with Crippen LogP contribution in [0.2, 0.25) is 0 Å². The molecule has 2 fully saturated rings. The van der Waals surface area contributed by atoms with Gasteiger partial charge in [0.25, 0.3) is 0 Å². The Morgan fingerprint density at radius 3 is 2.61 bits per heavy atom. The van der Waals surface area contributed by atoms with Gasteiger partial charge in [-0.1, -0.05) is 0 Å². The predicted molar refractivity (Wildman–Crippen MR) is 71.4 cm³/mol. The summed E-state index contributed by atoms with van der Waals surface area (Å²) in [7, 11) is 0. The lowest BCUT2D eigenvalue weighted by Gasteiger charge is -2.19. The zero-order chi connectivity index (χ0) is 12.5. The van der Waals surface area contributed by atoms with E-state index in [4.69, 9.17) is 0 Å². The average molecular weight is 265 g/mol. The van der Waals surface area contributed by atoms with E-state index >= 15 is 0 Å². The lowest BCUT2D eigenvalue weighted by molar-refractivity contribution is 0.231. The van der Waals surface area contributed by atoms with Crippen LogP contribution in [0, 0.1) is 11.8 Å². The highest BCUT2D eigenvalue weighted by Crippen LogP contribution is 2.41. The van der Waals surface area contributed by atoms with Gasteiger partial charge in [0.2, 0.25) is 0 Å². The van der Waals surface area contributed by atoms with Gasteiger partial charge in [-0.25, -0.2) is 9.78 Å². The molecule has 2 N–H and O–H groups in total. The number of nitrogens with one attached hydrogen (secondary N) is 2. The molecule has 2 atom stereocenters. The van der Waals surface area contributed by atoms with Crippen LogP contribution in [0.5, 0.6) is 0 Å². The van der Waals surface area contributed by atoms with Gasteiger partial charge >= 0.3 is 6.03 Å². The molecule has 18 heavy (non-hydrogen) atoms. The molecule has 0 radical (unpaired) electrons. The van der Waals surface area contributed by atoms with Crippen molar-refractivity contribution in [2.24, 2.45) is 11.8 Å². The first kappa shape index (κ1) is 12.0. The van der Waals surface area contributed by atoms with Crippen molar-refractivity contribution in [3.63, 3.8) is 0 Å². The van der Waals surface area contributed by atoms with Crippen molar-refractivity contribution in [3.8, 4) is 0 Å². The third-order valence-electron chi connectivity index (χ3n) is 3.79. The maximum Gasteiger partial charge on any atom is 0.315 e. The molecule has 2 amide bonds. The van der Waals surface area contributed by atoms with E-state index in [0.717, 1.165) is 5.01 Å². The van der Waals surface area contributed by atoms with E-state index in [9.17, 15) is 4.79 Å². The first-order valence-electron chi connectivity index (χ1n) is 6.70. The second-order valence-electron chi connectivity index (χ2n) is 5.43. The minimum atomic E-state index is -0.0403. The van der Waals surface area contributed by atoms with E-state index in [1.165, 1.54) is 25.7 Å². The fourth-order valence-electron chi connectivity index (χ4n) is 2.30. The summed E-state index contributed by atoms with van der Waals surface area (Å²) in [6, 6.07) is 0.360. The standard InChI is InChI=1S/C13H19N3OS/c1-8(9-2-3-9)15-13(17)16-11(10-4-5-10)12-14-6-7-18-12/h6-11H,2-5H2,1H3,(H2,15,16,17)/t8-,11-/m0/s1. The summed E-state index contributed by atoms with van der Waals surface area (Å²) in [5.41, 5.74) is 0. The van der Waals surface area contributed by atoms with E-state index in [-0.39, 0.29) is 12.1 Å². The van der Waals surface area contributed by atoms with Gasteiger partial charge in [0.05, 0.1) is 6.04 Å². The molecule has 4 nitrogen and oxygen atoms in total. The Bertz CT molecular complexity index is 412. The van der Waals surface area contributed by atoms with Gasteiger partial charge in [0.15, 0.2) is 0 Å². The van der Waals surface area contributed by atoms with Crippen molar-refractivity contribution in [1.82, 2.24) is 15.6 Å². The molecule has 98 valence electrons. The number of hydrogen-bond acceptors (Lipinski definition) is 3. The highest BCUT2D eigenvalue weighted by atomic mass is 32.1. The van der Waals surface area contributed by atoms with E-state index in [2.05, 4.69) is 22.5 Å². The van der Waals surface area contributed by atoms with Gasteiger partial charge in [-0.3, -0.25) is 0 Å². The monoisotopic (exact) mass is 265 g/mol. The molecule has 1 heterocycles. The zero-order valence-electron chi connectivity index (χ0n) is 10.6. The molecule has 5 heteroatoms. The summed E-state index contributed by atoms with van der Waals surface area (Å²) in [4.78, 5) is 16.3. The second kappa shape index (κ2) is 4.88. The van der Waals surface area contributed by atoms with Gasteiger partial charge in [-0.15, -0.1) is 11.3 Å². The normalized spacial score (nSPS) is 22.3. The van der Waals surface area contributed by atoms with Gasteiger partial charge in [0.1, 0.15) is 5.01 Å². The van der Waals surface area contributed by atoms with E-state index in [1.807, 2.05) is 11.6 Å². The van der Waals surface area contributed by atoms with Crippen molar-refractivity contribution in [2.45, 2.75) is 44.7 Å². The predicted octanol–water partition coefficient (Wildman–Crippen LogP) is 2.69. The van der Waals surface area contributed by atoms with Gasteiger partial charge in [-0.05, 0) is 44.4 Å². The summed E-state index contributed by atoms with van der Waals surface area (Å²) in [6.45, 7) is 2.09. The number of carbonyl (C=O) groups excluding carboxylic acids is 1. The Hall–Kier alpha value is -1.10. The van der Waals surface area contributed by atoms with Gasteiger partial charge in [-0.2, -0.15) is 0 Å². The van der Waals surface area contributed by atoms with Crippen molar-refractivity contribution in [2.75, 3.05) is 0 Å². The molecule has 0 aromatic carbocycles. The lowest BCUT2D eigenvalue weighted by atomic mass is 10.2. The van der Waals surface area contributed by atoms with E-state index < -0.39 is 0 Å². The highest BCUT2D eigenvalue weighted by Gasteiger charge is 2.36. The molecular weight excluding hydrogens is 246 g/mol. The van der Waals surface area contributed by atoms with Crippen LogP contribution in [0.1, 0.15) is 43.7 Å². The van der Waals surface area contributed by atoms with Crippen LogP contribution in [0.25, 0.3) is 0 Å². The molecule has 0 spiro atoms. The Morgan fingerprint density at radius 2 is 2.06 bits per heavy atom. The van der Waals surface area contributed by atoms with Crippen LogP contribution >= 0.6 is 11.3 Å². The third kappa shape index (κ3) is 2.83. The lowest BCUT2D eigenvalue weighted by Crippen LogP contribution is -2.43. The Balaban J connectivity index is 1.57. The highest BCUT2D eigenvalue weighted by molar-refractivity contribution is 7.09. The molecular formula is C13H19N3OS. The Morgan fingerprint density at radius 1 is 1.33 bits per heavy atom. The smallest absolute Gasteiger partial charge is 0.315 e. The fraction of sp³-hybridized carbons (Fsp3) is 0.692. The number of aromatic nitrogens is 1. The molecule has 1 aromatic heterocycles. The summed E-state index contributed by atoms with van der Waals surface area (Å²) in [5.74, 6) is 1.27. The minimum absolute atomic E-state index is 0.0403. The SMILES string of the molecule is C[C@H](NC(=O)N[C@H](c1nccs1)C1CC1)C1CC1. The number of rotatable bonds is 5. The van der Waals surface area contributed by atoms with Crippen molar-refractivity contribution in [1.29, 1.82) is 0 Å². The quantitative estimate of drug-likeness (QED) is 0.860. The van der Waals surface area contributed by atoms with Crippen LogP contribution in [-0.4, -0.2) is 17.1 Å². The summed E-state index contributed by atoms with van der Waals surface area (Å²) < 4.78 is 0. The third-order valence-corrected chi connectivity index (χ3v) is 4.64. The Kier molecular flexibility index (Phi) is 3.24. The number of urea groups is 1. The van der Waals surface area contributed by atoms with E-state index in [0.29, 0.717) is 17.9 Å². The van der Waals surface area contributed by atoms with Crippen LogP contribution in [0.3, 0.4) is 0 Å². The molecule has 2 aliphatic rings. The number of amides is 2. The van der Waals surface area contributed by atoms with Crippen molar-refractivity contribution in [3.05, 3.63) is 16.6 Å². The van der Waals surface area contributed by atoms with Crippen LogP contribution in [-0.2, 0) is 0 Å². The zero-order valence-corrected chi connectivity index (χ0v) is 11.4. The summed E-state index contributed by atoms with van der Waals surface area (Å²) in [6.07, 6.45) is 6.70. The molecule has 0 unspecified atom stereocenters. The van der Waals surface area contributed by atoms with Gasteiger partial charge in [0, 0.05) is 17.6 Å². The Labute approximate surface area is 111 Å². The molecule has 1 aromatic rings. The molecule has 3 rings (SSSR count). The number of carbonyl (C=O) groups is 1. The maximum atomic E-state index is 12.0. The maximum absolute atomic E-state index is 12.0. The summed E-state index contributed by atoms with van der Waals surface area (Å²) in [5, 5.41) is 9.14. The van der Waals surface area contributed by atoms with Crippen LogP contribution in [0.15, 0.2) is 11.6 Å². The number of hydrogen-bond donors (Lipinski definition) is 2. The molecule has 2 aliphatic carbocycles. The molecule has 2 saturated carbocycles. The van der Waals surface area contributed by atoms with E-state index in [1.54, 1.807) is 11.3 Å². The first-order valence-corrected chi connectivity index (χ1v) is 7.58. The topological polar surface area (TPSA) is 54.0 Å². The van der Waals surface area contributed by atoms with Crippen molar-refractivity contribution < 1.29 is 4.79 Å². The molecule has 0 bridgehead atoms. The first-order chi connectivity index (χ1) is 8.74.